The Bertz CT molecular complexity index is 986. The summed E-state index contributed by atoms with van der Waals surface area (Å²) in [7, 11) is 1.53. The molecule has 150 valence electrons. The van der Waals surface area contributed by atoms with E-state index >= 15 is 0 Å². The number of aliphatic hydroxyl groups is 1. The van der Waals surface area contributed by atoms with E-state index in [0.717, 1.165) is 17.7 Å². The summed E-state index contributed by atoms with van der Waals surface area (Å²) in [6.07, 6.45) is 4.01. The van der Waals surface area contributed by atoms with Gasteiger partial charge in [0.15, 0.2) is 0 Å². The Balaban J connectivity index is 1.82. The molecule has 2 aromatic rings. The Morgan fingerprint density at radius 3 is 2.90 bits per heavy atom. The lowest BCUT2D eigenvalue weighted by Crippen LogP contribution is -2.32. The average molecular weight is 394 g/mol. The van der Waals surface area contributed by atoms with Crippen LogP contribution in [0.15, 0.2) is 48.3 Å². The number of rotatable bonds is 5. The fourth-order valence-electron chi connectivity index (χ4n) is 3.91. The SMILES string of the molecule is COCCN1C(=O)C(=O)/C(=C(/O)c2ccc3c(c2)CC(C)O3)C1c1cccnc1. The summed E-state index contributed by atoms with van der Waals surface area (Å²) in [6.45, 7) is 2.48. The van der Waals surface area contributed by atoms with Gasteiger partial charge >= 0.3 is 0 Å². The minimum absolute atomic E-state index is 0.0611. The summed E-state index contributed by atoms with van der Waals surface area (Å²) in [5, 5.41) is 11.1. The molecule has 2 unspecified atom stereocenters. The van der Waals surface area contributed by atoms with Gasteiger partial charge in [0.25, 0.3) is 11.7 Å². The first kappa shape index (κ1) is 19.1. The van der Waals surface area contributed by atoms with E-state index in [0.29, 0.717) is 11.1 Å². The second-order valence-corrected chi connectivity index (χ2v) is 7.23. The first-order chi connectivity index (χ1) is 14.0. The number of aromatic nitrogens is 1. The lowest BCUT2D eigenvalue weighted by atomic mass is 9.95. The number of pyridine rings is 1. The van der Waals surface area contributed by atoms with Crippen molar-refractivity contribution in [2.75, 3.05) is 20.3 Å². The summed E-state index contributed by atoms with van der Waals surface area (Å²) in [6, 6.07) is 8.11. The first-order valence-electron chi connectivity index (χ1n) is 9.48. The van der Waals surface area contributed by atoms with Crippen LogP contribution in [0.1, 0.15) is 29.7 Å². The molecule has 1 N–H and O–H groups in total. The number of hydrogen-bond donors (Lipinski definition) is 1. The number of carbonyl (C=O) groups excluding carboxylic acids is 2. The van der Waals surface area contributed by atoms with Crippen molar-refractivity contribution in [3.8, 4) is 5.75 Å². The van der Waals surface area contributed by atoms with Gasteiger partial charge in [-0.1, -0.05) is 6.07 Å². The molecule has 1 saturated heterocycles. The van der Waals surface area contributed by atoms with Crippen molar-refractivity contribution in [3.05, 3.63) is 65.0 Å². The molecule has 3 heterocycles. The van der Waals surface area contributed by atoms with Crippen molar-refractivity contribution in [1.82, 2.24) is 9.88 Å². The number of ether oxygens (including phenoxy) is 2. The number of hydrogen-bond acceptors (Lipinski definition) is 6. The molecule has 1 fully saturated rings. The molecule has 2 atom stereocenters. The molecule has 1 aromatic heterocycles. The smallest absolute Gasteiger partial charge is 0.295 e. The zero-order valence-electron chi connectivity index (χ0n) is 16.3. The number of amides is 1. The van der Waals surface area contributed by atoms with Gasteiger partial charge in [0, 0.05) is 38.0 Å². The summed E-state index contributed by atoms with van der Waals surface area (Å²) in [5.74, 6) is -0.786. The Morgan fingerprint density at radius 2 is 2.17 bits per heavy atom. The molecule has 7 nitrogen and oxygen atoms in total. The fraction of sp³-hybridized carbons (Fsp3) is 0.318. The van der Waals surface area contributed by atoms with Crippen LogP contribution in [0.25, 0.3) is 5.76 Å². The number of likely N-dealkylation sites (tertiary alicyclic amines) is 1. The Hall–Kier alpha value is -3.19. The van der Waals surface area contributed by atoms with Crippen molar-refractivity contribution in [3.63, 3.8) is 0 Å². The van der Waals surface area contributed by atoms with E-state index in [1.807, 2.05) is 13.0 Å². The number of fused-ring (bicyclic) bond motifs is 1. The average Bonchev–Trinajstić information content (AvgIpc) is 3.22. The van der Waals surface area contributed by atoms with Gasteiger partial charge in [0.05, 0.1) is 18.2 Å². The van der Waals surface area contributed by atoms with Crippen LogP contribution >= 0.6 is 0 Å². The standard InChI is InChI=1S/C22H22N2O5/c1-13-10-16-11-14(5-6-17(16)29-13)20(25)18-19(15-4-3-7-23-12-15)24(8-9-28-2)22(27)21(18)26/h3-7,11-13,19,25H,8-10H2,1-2H3/b20-18+. The summed E-state index contributed by atoms with van der Waals surface area (Å²) in [5.41, 5.74) is 2.17. The number of aliphatic hydroxyl groups excluding tert-OH is 1. The molecule has 1 aromatic carbocycles. The van der Waals surface area contributed by atoms with Crippen molar-refractivity contribution >= 4 is 17.4 Å². The van der Waals surface area contributed by atoms with Gasteiger partial charge in [0.2, 0.25) is 0 Å². The second-order valence-electron chi connectivity index (χ2n) is 7.23. The van der Waals surface area contributed by atoms with Crippen LogP contribution < -0.4 is 4.74 Å². The van der Waals surface area contributed by atoms with E-state index in [4.69, 9.17) is 9.47 Å². The van der Waals surface area contributed by atoms with Crippen LogP contribution in [0.4, 0.5) is 0 Å². The molecule has 2 aliphatic rings. The summed E-state index contributed by atoms with van der Waals surface area (Å²) >= 11 is 0. The predicted octanol–water partition coefficient (Wildman–Crippen LogP) is 2.47. The van der Waals surface area contributed by atoms with Crippen molar-refractivity contribution in [1.29, 1.82) is 0 Å². The zero-order chi connectivity index (χ0) is 20.5. The Labute approximate surface area is 168 Å². The zero-order valence-corrected chi connectivity index (χ0v) is 16.3. The number of methoxy groups -OCH3 is 1. The first-order valence-corrected chi connectivity index (χ1v) is 9.48. The molecule has 2 aliphatic heterocycles. The fourth-order valence-corrected chi connectivity index (χ4v) is 3.91. The Kier molecular flexibility index (Phi) is 5.07. The maximum atomic E-state index is 12.9. The molecular weight excluding hydrogens is 372 g/mol. The predicted molar refractivity (Wildman–Crippen MR) is 105 cm³/mol. The highest BCUT2D eigenvalue weighted by molar-refractivity contribution is 6.46. The molecular formula is C22H22N2O5. The summed E-state index contributed by atoms with van der Waals surface area (Å²) < 4.78 is 10.8. The highest BCUT2D eigenvalue weighted by Gasteiger charge is 2.46. The number of nitrogens with zero attached hydrogens (tertiary/aromatic N) is 2. The van der Waals surface area contributed by atoms with Gasteiger partial charge in [-0.2, -0.15) is 0 Å². The van der Waals surface area contributed by atoms with Crippen LogP contribution in [0.3, 0.4) is 0 Å². The topological polar surface area (TPSA) is 89.0 Å². The maximum Gasteiger partial charge on any atom is 0.295 e. The second kappa shape index (κ2) is 7.67. The third kappa shape index (κ3) is 3.38. The minimum Gasteiger partial charge on any atom is -0.507 e. The van der Waals surface area contributed by atoms with E-state index in [1.165, 1.54) is 12.0 Å². The quantitative estimate of drug-likeness (QED) is 0.476. The van der Waals surface area contributed by atoms with Crippen LogP contribution in [0, 0.1) is 0 Å². The van der Waals surface area contributed by atoms with Crippen molar-refractivity contribution < 1.29 is 24.2 Å². The van der Waals surface area contributed by atoms with E-state index in [2.05, 4.69) is 4.98 Å². The van der Waals surface area contributed by atoms with Crippen LogP contribution in [-0.4, -0.2) is 53.0 Å². The van der Waals surface area contributed by atoms with Crippen LogP contribution in [-0.2, 0) is 20.7 Å². The van der Waals surface area contributed by atoms with E-state index in [1.54, 1.807) is 36.7 Å². The molecule has 0 spiro atoms. The van der Waals surface area contributed by atoms with Gasteiger partial charge in [-0.05, 0) is 42.3 Å². The molecule has 0 bridgehead atoms. The van der Waals surface area contributed by atoms with Gasteiger partial charge < -0.3 is 19.5 Å². The van der Waals surface area contributed by atoms with Gasteiger partial charge in [-0.15, -0.1) is 0 Å². The molecule has 0 aliphatic carbocycles. The third-order valence-corrected chi connectivity index (χ3v) is 5.25. The number of benzene rings is 1. The highest BCUT2D eigenvalue weighted by Crippen LogP contribution is 2.40. The molecule has 1 amide bonds. The number of ketones is 1. The van der Waals surface area contributed by atoms with Crippen molar-refractivity contribution in [2.45, 2.75) is 25.5 Å². The van der Waals surface area contributed by atoms with Crippen LogP contribution in [0.2, 0.25) is 0 Å². The lowest BCUT2D eigenvalue weighted by Gasteiger charge is -2.24. The summed E-state index contributed by atoms with van der Waals surface area (Å²) in [4.78, 5) is 31.1. The van der Waals surface area contributed by atoms with Gasteiger partial charge in [-0.3, -0.25) is 14.6 Å². The number of Topliss-reactive ketones (excluding diaryl/α,β-unsaturated/α-hetero) is 1. The van der Waals surface area contributed by atoms with E-state index in [-0.39, 0.29) is 30.6 Å². The van der Waals surface area contributed by atoms with E-state index in [9.17, 15) is 14.7 Å². The van der Waals surface area contributed by atoms with Gasteiger partial charge in [-0.25, -0.2) is 0 Å². The normalized spacial score (nSPS) is 22.6. The van der Waals surface area contributed by atoms with E-state index < -0.39 is 17.7 Å². The molecule has 0 radical (unpaired) electrons. The highest BCUT2D eigenvalue weighted by atomic mass is 16.5. The monoisotopic (exact) mass is 394 g/mol. The van der Waals surface area contributed by atoms with Gasteiger partial charge in [0.1, 0.15) is 17.6 Å². The third-order valence-electron chi connectivity index (χ3n) is 5.25. The van der Waals surface area contributed by atoms with Crippen LogP contribution in [0.5, 0.6) is 5.75 Å². The lowest BCUT2D eigenvalue weighted by molar-refractivity contribution is -0.140. The molecule has 0 saturated carbocycles. The Morgan fingerprint density at radius 1 is 1.34 bits per heavy atom. The molecule has 7 heteroatoms. The largest absolute Gasteiger partial charge is 0.507 e. The maximum absolute atomic E-state index is 12.9. The molecule has 4 rings (SSSR count). The molecule has 29 heavy (non-hydrogen) atoms. The minimum atomic E-state index is -0.720. The van der Waals surface area contributed by atoms with Crippen molar-refractivity contribution in [2.24, 2.45) is 0 Å². The number of carbonyl (C=O) groups is 2.